The van der Waals surface area contributed by atoms with Crippen molar-refractivity contribution in [2.45, 2.75) is 32.3 Å². The maximum atomic E-state index is 6.23. The molecule has 1 unspecified atom stereocenters. The lowest BCUT2D eigenvalue weighted by Gasteiger charge is -2.53. The Morgan fingerprint density at radius 1 is 1.29 bits per heavy atom. The van der Waals surface area contributed by atoms with E-state index in [0.29, 0.717) is 5.92 Å². The topological polar surface area (TPSA) is 41.5 Å². The summed E-state index contributed by atoms with van der Waals surface area (Å²) in [5, 5.41) is 0. The van der Waals surface area contributed by atoms with Gasteiger partial charge in [-0.1, -0.05) is 13.8 Å². The second-order valence-electron chi connectivity index (χ2n) is 6.29. The molecule has 5 nitrogen and oxygen atoms in total. The van der Waals surface area contributed by atoms with E-state index in [2.05, 4.69) is 33.6 Å². The van der Waals surface area contributed by atoms with Gasteiger partial charge in [-0.25, -0.2) is 9.97 Å². The van der Waals surface area contributed by atoms with Crippen molar-refractivity contribution in [3.8, 4) is 0 Å². The fourth-order valence-corrected chi connectivity index (χ4v) is 3.40. The molecule has 21 heavy (non-hydrogen) atoms. The van der Waals surface area contributed by atoms with Gasteiger partial charge in [0.05, 0.1) is 19.7 Å². The van der Waals surface area contributed by atoms with E-state index in [9.17, 15) is 0 Å². The molecule has 0 aliphatic carbocycles. The Hall–Kier alpha value is -1.20. The summed E-state index contributed by atoms with van der Waals surface area (Å²) in [6.07, 6.45) is 6.05. The van der Waals surface area contributed by atoms with E-state index < -0.39 is 0 Å². The zero-order valence-corrected chi connectivity index (χ0v) is 13.2. The largest absolute Gasteiger partial charge is 0.371 e. The Bertz CT molecular complexity index is 433. The van der Waals surface area contributed by atoms with Gasteiger partial charge in [0.25, 0.3) is 0 Å². The molecular formula is C16H26N4O. The summed E-state index contributed by atoms with van der Waals surface area (Å²) < 4.78 is 6.23. The van der Waals surface area contributed by atoms with Crippen LogP contribution < -0.4 is 4.90 Å². The van der Waals surface area contributed by atoms with E-state index in [1.165, 1.54) is 19.4 Å². The average molecular weight is 290 g/mol. The van der Waals surface area contributed by atoms with Gasteiger partial charge >= 0.3 is 0 Å². The molecule has 2 fully saturated rings. The highest BCUT2D eigenvalue weighted by molar-refractivity contribution is 5.36. The van der Waals surface area contributed by atoms with Crippen LogP contribution >= 0.6 is 0 Å². The Morgan fingerprint density at radius 2 is 2.00 bits per heavy atom. The molecular weight excluding hydrogens is 264 g/mol. The van der Waals surface area contributed by atoms with Gasteiger partial charge in [-0.3, -0.25) is 0 Å². The molecule has 1 atom stereocenters. The number of hydrogen-bond acceptors (Lipinski definition) is 5. The molecule has 116 valence electrons. The van der Waals surface area contributed by atoms with Gasteiger partial charge < -0.3 is 14.5 Å². The van der Waals surface area contributed by atoms with E-state index in [4.69, 9.17) is 4.74 Å². The molecule has 0 amide bonds. The highest BCUT2D eigenvalue weighted by atomic mass is 16.5. The third-order valence-corrected chi connectivity index (χ3v) is 4.84. The van der Waals surface area contributed by atoms with Crippen molar-refractivity contribution in [2.75, 3.05) is 44.2 Å². The van der Waals surface area contributed by atoms with E-state index in [1.54, 1.807) is 12.4 Å². The fraction of sp³-hybridized carbons (Fsp3) is 0.750. The zero-order valence-electron chi connectivity index (χ0n) is 13.2. The first-order valence-electron chi connectivity index (χ1n) is 8.13. The first kappa shape index (κ1) is 14.7. The summed E-state index contributed by atoms with van der Waals surface area (Å²) >= 11 is 0. The zero-order chi connectivity index (χ0) is 14.7. The Balaban J connectivity index is 1.47. The minimum atomic E-state index is 0.0684. The van der Waals surface area contributed by atoms with Crippen LogP contribution in [-0.2, 0) is 4.74 Å². The molecule has 0 aromatic carbocycles. The molecule has 3 rings (SSSR count). The van der Waals surface area contributed by atoms with Crippen LogP contribution in [0.5, 0.6) is 0 Å². The molecule has 1 aromatic heterocycles. The number of nitrogens with zero attached hydrogens (tertiary/aromatic N) is 4. The molecule has 1 spiro atoms. The quantitative estimate of drug-likeness (QED) is 0.827. The number of anilines is 1. The molecule has 5 heteroatoms. The molecule has 1 aromatic rings. The molecule has 2 aliphatic heterocycles. The molecule has 2 saturated heterocycles. The summed E-state index contributed by atoms with van der Waals surface area (Å²) in [6, 6.07) is 1.86. The van der Waals surface area contributed by atoms with E-state index in [1.807, 2.05) is 6.07 Å². The van der Waals surface area contributed by atoms with Crippen LogP contribution in [0.1, 0.15) is 26.7 Å². The van der Waals surface area contributed by atoms with Gasteiger partial charge in [0, 0.05) is 18.9 Å². The number of rotatable bonds is 5. The smallest absolute Gasteiger partial charge is 0.225 e. The van der Waals surface area contributed by atoms with Crippen LogP contribution in [-0.4, -0.2) is 59.8 Å². The lowest BCUT2D eigenvalue weighted by molar-refractivity contribution is -0.119. The van der Waals surface area contributed by atoms with Crippen LogP contribution in [0.15, 0.2) is 18.5 Å². The first-order valence-corrected chi connectivity index (χ1v) is 8.13. The number of ether oxygens (including phenoxy) is 1. The van der Waals surface area contributed by atoms with E-state index in [0.717, 1.165) is 38.7 Å². The fourth-order valence-electron chi connectivity index (χ4n) is 3.40. The lowest BCUT2D eigenvalue weighted by atomic mass is 9.83. The molecule has 0 saturated carbocycles. The van der Waals surface area contributed by atoms with Crippen LogP contribution in [0.2, 0.25) is 0 Å². The van der Waals surface area contributed by atoms with E-state index >= 15 is 0 Å². The maximum absolute atomic E-state index is 6.23. The average Bonchev–Trinajstić information content (AvgIpc) is 2.52. The van der Waals surface area contributed by atoms with Gasteiger partial charge in [-0.05, 0) is 37.9 Å². The molecule has 0 N–H and O–H groups in total. The maximum Gasteiger partial charge on any atom is 0.225 e. The molecule has 3 heterocycles. The second-order valence-corrected chi connectivity index (χ2v) is 6.29. The van der Waals surface area contributed by atoms with Crippen molar-refractivity contribution in [1.82, 2.24) is 14.9 Å². The van der Waals surface area contributed by atoms with Crippen LogP contribution in [0, 0.1) is 5.92 Å². The summed E-state index contributed by atoms with van der Waals surface area (Å²) in [7, 11) is 0. The predicted octanol–water partition coefficient (Wildman–Crippen LogP) is 1.80. The summed E-state index contributed by atoms with van der Waals surface area (Å²) in [5.74, 6) is 1.52. The lowest BCUT2D eigenvalue weighted by Crippen LogP contribution is -2.65. The Labute approximate surface area is 127 Å². The normalized spacial score (nSPS) is 24.3. The van der Waals surface area contributed by atoms with Gasteiger partial charge in [-0.2, -0.15) is 0 Å². The van der Waals surface area contributed by atoms with Crippen LogP contribution in [0.4, 0.5) is 5.95 Å². The monoisotopic (exact) mass is 290 g/mol. The summed E-state index contributed by atoms with van der Waals surface area (Å²) in [5.41, 5.74) is 0.0684. The van der Waals surface area contributed by atoms with Crippen molar-refractivity contribution in [1.29, 1.82) is 0 Å². The number of hydrogen-bond donors (Lipinski definition) is 0. The predicted molar refractivity (Wildman–Crippen MR) is 83.4 cm³/mol. The second kappa shape index (κ2) is 6.28. The van der Waals surface area contributed by atoms with Crippen molar-refractivity contribution in [3.63, 3.8) is 0 Å². The third kappa shape index (κ3) is 3.19. The van der Waals surface area contributed by atoms with Gasteiger partial charge in [-0.15, -0.1) is 0 Å². The van der Waals surface area contributed by atoms with Gasteiger partial charge in [0.1, 0.15) is 5.60 Å². The van der Waals surface area contributed by atoms with Crippen LogP contribution in [0.25, 0.3) is 0 Å². The molecule has 0 bridgehead atoms. The molecule has 2 aliphatic rings. The van der Waals surface area contributed by atoms with Crippen molar-refractivity contribution < 1.29 is 4.74 Å². The van der Waals surface area contributed by atoms with Gasteiger partial charge in [0.2, 0.25) is 5.95 Å². The minimum Gasteiger partial charge on any atom is -0.371 e. The molecule has 0 radical (unpaired) electrons. The minimum absolute atomic E-state index is 0.0684. The Morgan fingerprint density at radius 3 is 2.57 bits per heavy atom. The Kier molecular flexibility index (Phi) is 4.40. The summed E-state index contributed by atoms with van der Waals surface area (Å²) in [4.78, 5) is 13.3. The standard InChI is InChI=1S/C16H26N4O/c1-3-19(4-2)10-14-6-7-16(21-11-14)12-20(13-16)15-17-8-5-9-18-15/h5,8-9,14H,3-4,6-7,10-13H2,1-2H3. The highest BCUT2D eigenvalue weighted by Crippen LogP contribution is 2.37. The first-order chi connectivity index (χ1) is 10.2. The summed E-state index contributed by atoms with van der Waals surface area (Å²) in [6.45, 7) is 10.7. The SMILES string of the molecule is CCN(CC)CC1CCC2(CN(c3ncccn3)C2)OC1. The highest BCUT2D eigenvalue weighted by Gasteiger charge is 2.47. The van der Waals surface area contributed by atoms with Crippen molar-refractivity contribution >= 4 is 5.95 Å². The third-order valence-electron chi connectivity index (χ3n) is 4.84. The van der Waals surface area contributed by atoms with Gasteiger partial charge in [0.15, 0.2) is 0 Å². The van der Waals surface area contributed by atoms with Crippen molar-refractivity contribution in [2.24, 2.45) is 5.92 Å². The number of aromatic nitrogens is 2. The van der Waals surface area contributed by atoms with E-state index in [-0.39, 0.29) is 5.60 Å². The van der Waals surface area contributed by atoms with Crippen LogP contribution in [0.3, 0.4) is 0 Å². The van der Waals surface area contributed by atoms with Crippen molar-refractivity contribution in [3.05, 3.63) is 18.5 Å².